The van der Waals surface area contributed by atoms with E-state index in [0.717, 1.165) is 0 Å². The van der Waals surface area contributed by atoms with E-state index < -0.39 is 42.6 Å². The summed E-state index contributed by atoms with van der Waals surface area (Å²) >= 11 is 0. The minimum absolute atomic E-state index is 1.01. The first-order valence-electron chi connectivity index (χ1n) is 4.03. The SMILES string of the molecule is N[C@@H](C[C@H](C(=O)O)[C@H](O)C(F)(F)F)C(=O)O. The number of carboxylic acid groups (broad SMARTS) is 2. The minimum Gasteiger partial charge on any atom is -0.481 e. The standard InChI is InChI=1S/C7H10F3NO5/c8-7(9,10)4(12)2(5(13)14)1-3(11)6(15)16/h2-4,12H,1,11H2,(H,13,14)(H,15,16)/t2-,3-,4-/m0/s1. The molecule has 0 amide bonds. The van der Waals surface area contributed by atoms with Gasteiger partial charge in [-0.1, -0.05) is 0 Å². The third kappa shape index (κ3) is 4.03. The summed E-state index contributed by atoms with van der Waals surface area (Å²) in [6.07, 6.45) is -9.29. The summed E-state index contributed by atoms with van der Waals surface area (Å²) < 4.78 is 36.0. The molecule has 3 atom stereocenters. The van der Waals surface area contributed by atoms with Gasteiger partial charge in [-0.15, -0.1) is 0 Å². The Balaban J connectivity index is 4.76. The summed E-state index contributed by atoms with van der Waals surface area (Å²) in [5.41, 5.74) is 4.89. The van der Waals surface area contributed by atoms with E-state index in [1.165, 1.54) is 0 Å². The van der Waals surface area contributed by atoms with Crippen molar-refractivity contribution in [1.29, 1.82) is 0 Å². The highest BCUT2D eigenvalue weighted by Gasteiger charge is 2.47. The molecule has 0 saturated heterocycles. The number of carbonyl (C=O) groups is 2. The van der Waals surface area contributed by atoms with E-state index in [2.05, 4.69) is 0 Å². The lowest BCUT2D eigenvalue weighted by Crippen LogP contribution is -2.44. The number of aliphatic carboxylic acids is 2. The number of hydrogen-bond donors (Lipinski definition) is 4. The summed E-state index contributed by atoms with van der Waals surface area (Å²) in [6.45, 7) is 0. The molecule has 0 aliphatic heterocycles. The van der Waals surface area contributed by atoms with Crippen molar-refractivity contribution in [3.63, 3.8) is 0 Å². The van der Waals surface area contributed by atoms with Gasteiger partial charge in [0.05, 0.1) is 5.92 Å². The summed E-state index contributed by atoms with van der Waals surface area (Å²) in [7, 11) is 0. The van der Waals surface area contributed by atoms with Crippen molar-refractivity contribution in [2.24, 2.45) is 11.7 Å². The summed E-state index contributed by atoms with van der Waals surface area (Å²) in [4.78, 5) is 20.7. The van der Waals surface area contributed by atoms with E-state index in [9.17, 15) is 22.8 Å². The molecule has 5 N–H and O–H groups in total. The molecule has 0 unspecified atom stereocenters. The molecule has 0 spiro atoms. The third-order valence-electron chi connectivity index (χ3n) is 1.86. The van der Waals surface area contributed by atoms with Crippen LogP contribution in [0.1, 0.15) is 6.42 Å². The lowest BCUT2D eigenvalue weighted by atomic mass is 9.94. The van der Waals surface area contributed by atoms with E-state index in [1.54, 1.807) is 0 Å². The first-order chi connectivity index (χ1) is 7.07. The van der Waals surface area contributed by atoms with Gasteiger partial charge in [-0.3, -0.25) is 9.59 Å². The maximum absolute atomic E-state index is 12.0. The molecule has 0 radical (unpaired) electrons. The molecule has 0 aromatic rings. The molecule has 6 nitrogen and oxygen atoms in total. The van der Waals surface area contributed by atoms with E-state index in [-0.39, 0.29) is 0 Å². The third-order valence-corrected chi connectivity index (χ3v) is 1.86. The number of nitrogens with two attached hydrogens (primary N) is 1. The second-order valence-electron chi connectivity index (χ2n) is 3.11. The molecular formula is C7H10F3NO5. The van der Waals surface area contributed by atoms with Gasteiger partial charge in [0.1, 0.15) is 6.04 Å². The van der Waals surface area contributed by atoms with Gasteiger partial charge in [-0.2, -0.15) is 13.2 Å². The van der Waals surface area contributed by atoms with Gasteiger partial charge < -0.3 is 21.1 Å². The van der Waals surface area contributed by atoms with Crippen LogP contribution in [-0.2, 0) is 9.59 Å². The lowest BCUT2D eigenvalue weighted by molar-refractivity contribution is -0.223. The second-order valence-corrected chi connectivity index (χ2v) is 3.11. The van der Waals surface area contributed by atoms with Crippen molar-refractivity contribution in [1.82, 2.24) is 0 Å². The molecule has 0 heterocycles. The fourth-order valence-electron chi connectivity index (χ4n) is 0.967. The Morgan fingerprint density at radius 3 is 1.88 bits per heavy atom. The zero-order valence-corrected chi connectivity index (χ0v) is 7.81. The molecule has 16 heavy (non-hydrogen) atoms. The van der Waals surface area contributed by atoms with E-state index in [1.807, 2.05) is 0 Å². The van der Waals surface area contributed by atoms with Crippen molar-refractivity contribution in [2.75, 3.05) is 0 Å². The fourth-order valence-corrected chi connectivity index (χ4v) is 0.967. The molecule has 9 heteroatoms. The van der Waals surface area contributed by atoms with Crippen molar-refractivity contribution < 1.29 is 38.1 Å². The van der Waals surface area contributed by atoms with Crippen LogP contribution in [0.3, 0.4) is 0 Å². The molecule has 0 aromatic heterocycles. The largest absolute Gasteiger partial charge is 0.481 e. The van der Waals surface area contributed by atoms with Crippen LogP contribution in [0.25, 0.3) is 0 Å². The van der Waals surface area contributed by atoms with Crippen LogP contribution in [0.4, 0.5) is 13.2 Å². The van der Waals surface area contributed by atoms with Crippen molar-refractivity contribution in [3.8, 4) is 0 Å². The Kier molecular flexibility index (Phi) is 4.69. The Labute approximate surface area is 87.5 Å². The monoisotopic (exact) mass is 245 g/mol. The number of aliphatic hydroxyl groups is 1. The average Bonchev–Trinajstić information content (AvgIpc) is 2.10. The molecule has 94 valence electrons. The predicted molar refractivity (Wildman–Crippen MR) is 43.4 cm³/mol. The number of aliphatic hydroxyl groups excluding tert-OH is 1. The van der Waals surface area contributed by atoms with Crippen LogP contribution in [-0.4, -0.2) is 45.6 Å². The van der Waals surface area contributed by atoms with Crippen LogP contribution < -0.4 is 5.73 Å². The van der Waals surface area contributed by atoms with Gasteiger partial charge in [0.15, 0.2) is 6.10 Å². The maximum Gasteiger partial charge on any atom is 0.415 e. The van der Waals surface area contributed by atoms with Gasteiger partial charge in [-0.05, 0) is 6.42 Å². The predicted octanol–water partition coefficient (Wildman–Crippen LogP) is -0.588. The van der Waals surface area contributed by atoms with Crippen LogP contribution in [0.15, 0.2) is 0 Å². The fraction of sp³-hybridized carbons (Fsp3) is 0.714. The number of rotatable bonds is 5. The molecule has 0 rings (SSSR count). The normalized spacial score (nSPS) is 17.6. The van der Waals surface area contributed by atoms with Gasteiger partial charge in [0.2, 0.25) is 0 Å². The van der Waals surface area contributed by atoms with Gasteiger partial charge in [0.25, 0.3) is 0 Å². The van der Waals surface area contributed by atoms with Crippen molar-refractivity contribution in [3.05, 3.63) is 0 Å². The number of hydrogen-bond acceptors (Lipinski definition) is 4. The minimum atomic E-state index is -5.14. The van der Waals surface area contributed by atoms with Crippen LogP contribution >= 0.6 is 0 Å². The smallest absolute Gasteiger partial charge is 0.415 e. The van der Waals surface area contributed by atoms with Crippen molar-refractivity contribution >= 4 is 11.9 Å². The van der Waals surface area contributed by atoms with E-state index >= 15 is 0 Å². The lowest BCUT2D eigenvalue weighted by Gasteiger charge is -2.22. The second kappa shape index (κ2) is 5.12. The summed E-state index contributed by atoms with van der Waals surface area (Å²) in [5, 5.41) is 25.4. The van der Waals surface area contributed by atoms with Crippen LogP contribution in [0, 0.1) is 5.92 Å². The zero-order valence-electron chi connectivity index (χ0n) is 7.81. The topological polar surface area (TPSA) is 121 Å². The maximum atomic E-state index is 12.0. The van der Waals surface area contributed by atoms with Gasteiger partial charge >= 0.3 is 18.1 Å². The molecule has 0 aliphatic carbocycles. The van der Waals surface area contributed by atoms with E-state index in [4.69, 9.17) is 21.1 Å². The van der Waals surface area contributed by atoms with Crippen LogP contribution in [0.2, 0.25) is 0 Å². The quantitative estimate of drug-likeness (QED) is 0.513. The number of alkyl halides is 3. The summed E-state index contributed by atoms with van der Waals surface area (Å²) in [5.74, 6) is -5.90. The number of carboxylic acids is 2. The van der Waals surface area contributed by atoms with E-state index in [0.29, 0.717) is 0 Å². The molecular weight excluding hydrogens is 235 g/mol. The first-order valence-corrected chi connectivity index (χ1v) is 4.03. The Bertz CT molecular complexity index is 280. The Morgan fingerprint density at radius 2 is 1.62 bits per heavy atom. The molecule has 0 aliphatic rings. The molecule has 0 aromatic carbocycles. The highest BCUT2D eigenvalue weighted by molar-refractivity contribution is 5.76. The zero-order chi connectivity index (χ0) is 13.1. The Morgan fingerprint density at radius 1 is 1.19 bits per heavy atom. The highest BCUT2D eigenvalue weighted by Crippen LogP contribution is 2.28. The average molecular weight is 245 g/mol. The molecule has 0 saturated carbocycles. The molecule has 0 bridgehead atoms. The first kappa shape index (κ1) is 14.6. The molecule has 0 fully saturated rings. The van der Waals surface area contributed by atoms with Gasteiger partial charge in [-0.25, -0.2) is 0 Å². The summed E-state index contributed by atoms with van der Waals surface area (Å²) in [6, 6.07) is -1.78. The number of halogens is 3. The van der Waals surface area contributed by atoms with Crippen molar-refractivity contribution in [2.45, 2.75) is 24.7 Å². The van der Waals surface area contributed by atoms with Gasteiger partial charge in [0, 0.05) is 0 Å². The van der Waals surface area contributed by atoms with Crippen LogP contribution in [0.5, 0.6) is 0 Å². The Hall–Kier alpha value is -1.35. The highest BCUT2D eigenvalue weighted by atomic mass is 19.4.